The average molecular weight is 464 g/mol. The Hall–Kier alpha value is -3.22. The van der Waals surface area contributed by atoms with Gasteiger partial charge in [0.1, 0.15) is 6.04 Å². The first-order chi connectivity index (χ1) is 15.5. The number of hydrogen-bond acceptors (Lipinski definition) is 3. The Labute approximate surface area is 197 Å². The van der Waals surface area contributed by atoms with E-state index in [0.29, 0.717) is 28.9 Å². The maximum Gasteiger partial charge on any atom is 0.252 e. The van der Waals surface area contributed by atoms with Crippen molar-refractivity contribution in [2.75, 3.05) is 5.32 Å². The van der Waals surface area contributed by atoms with E-state index in [2.05, 4.69) is 5.32 Å². The molecule has 1 N–H and O–H groups in total. The van der Waals surface area contributed by atoms with Gasteiger partial charge in [0.25, 0.3) is 5.91 Å². The Bertz CT molecular complexity index is 1110. The zero-order valence-corrected chi connectivity index (χ0v) is 18.9. The molecule has 1 aliphatic heterocycles. The maximum absolute atomic E-state index is 13.4. The molecule has 1 aliphatic rings. The van der Waals surface area contributed by atoms with E-state index in [1.54, 1.807) is 17.0 Å². The zero-order valence-electron chi connectivity index (χ0n) is 17.3. The highest BCUT2D eigenvalue weighted by Crippen LogP contribution is 2.26. The van der Waals surface area contributed by atoms with Gasteiger partial charge in [-0.05, 0) is 47.6 Å². The van der Waals surface area contributed by atoms with Crippen molar-refractivity contribution in [3.8, 4) is 0 Å². The lowest BCUT2D eigenvalue weighted by Crippen LogP contribution is -2.37. The number of rotatable bonds is 7. The molecule has 0 bridgehead atoms. The first-order valence-corrected chi connectivity index (χ1v) is 11.0. The fourth-order valence-electron chi connectivity index (χ4n) is 3.68. The van der Waals surface area contributed by atoms with Crippen LogP contribution in [0.25, 0.3) is 0 Å². The smallest absolute Gasteiger partial charge is 0.252 e. The van der Waals surface area contributed by atoms with Crippen molar-refractivity contribution in [1.82, 2.24) is 9.80 Å². The van der Waals surface area contributed by atoms with Gasteiger partial charge in [-0.2, -0.15) is 0 Å². The van der Waals surface area contributed by atoms with E-state index >= 15 is 0 Å². The van der Waals surface area contributed by atoms with Crippen molar-refractivity contribution in [3.63, 3.8) is 0 Å². The maximum atomic E-state index is 13.4. The van der Waals surface area contributed by atoms with Crippen LogP contribution in [0, 0.1) is 0 Å². The summed E-state index contributed by atoms with van der Waals surface area (Å²) in [4.78, 5) is 29.5. The summed E-state index contributed by atoms with van der Waals surface area (Å²) in [6, 6.07) is 25.6. The molecular weight excluding hydrogens is 442 g/mol. The van der Waals surface area contributed by atoms with Crippen molar-refractivity contribution in [3.05, 3.63) is 101 Å². The number of nitrogens with zero attached hydrogens (tertiary/aromatic N) is 2. The summed E-state index contributed by atoms with van der Waals surface area (Å²) in [5.41, 5.74) is 2.62. The topological polar surface area (TPSA) is 52.7 Å². The van der Waals surface area contributed by atoms with Crippen molar-refractivity contribution < 1.29 is 9.59 Å². The summed E-state index contributed by atoms with van der Waals surface area (Å²) in [7, 11) is 0. The van der Waals surface area contributed by atoms with Crippen LogP contribution < -0.4 is 5.32 Å². The van der Waals surface area contributed by atoms with Crippen molar-refractivity contribution in [2.45, 2.75) is 25.6 Å². The number of anilines is 1. The van der Waals surface area contributed by atoms with E-state index in [0.717, 1.165) is 11.1 Å². The number of para-hydroxylation sites is 1. The molecule has 32 heavy (non-hydrogen) atoms. The van der Waals surface area contributed by atoms with Gasteiger partial charge in [0.15, 0.2) is 5.11 Å². The largest absolute Gasteiger partial charge is 0.332 e. The number of halogens is 1. The van der Waals surface area contributed by atoms with Crippen molar-refractivity contribution in [2.24, 2.45) is 0 Å². The number of carbonyl (C=O) groups is 2. The molecule has 5 nitrogen and oxygen atoms in total. The van der Waals surface area contributed by atoms with Gasteiger partial charge >= 0.3 is 0 Å². The zero-order chi connectivity index (χ0) is 22.5. The minimum atomic E-state index is -0.675. The predicted molar refractivity (Wildman–Crippen MR) is 130 cm³/mol. The van der Waals surface area contributed by atoms with Gasteiger partial charge in [0, 0.05) is 17.3 Å². The van der Waals surface area contributed by atoms with Gasteiger partial charge in [0.2, 0.25) is 5.91 Å². The minimum Gasteiger partial charge on any atom is -0.332 e. The van der Waals surface area contributed by atoms with Crippen LogP contribution in [0.3, 0.4) is 0 Å². The third kappa shape index (κ3) is 5.15. The van der Waals surface area contributed by atoms with E-state index in [4.69, 9.17) is 23.8 Å². The molecule has 1 fully saturated rings. The number of amides is 2. The van der Waals surface area contributed by atoms with Crippen molar-refractivity contribution >= 4 is 46.4 Å². The highest BCUT2D eigenvalue weighted by Gasteiger charge is 2.43. The van der Waals surface area contributed by atoms with E-state index in [1.165, 1.54) is 0 Å². The lowest BCUT2D eigenvalue weighted by atomic mass is 10.1. The van der Waals surface area contributed by atoms with Crippen LogP contribution in [-0.2, 0) is 22.7 Å². The highest BCUT2D eigenvalue weighted by molar-refractivity contribution is 7.80. The highest BCUT2D eigenvalue weighted by atomic mass is 35.5. The van der Waals surface area contributed by atoms with Gasteiger partial charge in [-0.1, -0.05) is 72.3 Å². The lowest BCUT2D eigenvalue weighted by Gasteiger charge is -2.24. The average Bonchev–Trinajstić information content (AvgIpc) is 3.01. The summed E-state index contributed by atoms with van der Waals surface area (Å²) in [6.45, 7) is 0.781. The molecule has 0 spiro atoms. The fraction of sp³-hybridized carbons (Fsp3) is 0.160. The van der Waals surface area contributed by atoms with Crippen LogP contribution in [0.5, 0.6) is 0 Å². The Morgan fingerprint density at radius 2 is 1.47 bits per heavy atom. The second kappa shape index (κ2) is 9.94. The van der Waals surface area contributed by atoms with E-state index < -0.39 is 6.04 Å². The Morgan fingerprint density at radius 1 is 0.875 bits per heavy atom. The van der Waals surface area contributed by atoms with Crippen LogP contribution in [0.4, 0.5) is 5.69 Å². The molecule has 162 valence electrons. The fourth-order valence-corrected chi connectivity index (χ4v) is 4.15. The first kappa shape index (κ1) is 22.0. The molecule has 0 saturated carbocycles. The molecular formula is C25H22ClN3O2S. The molecule has 1 unspecified atom stereocenters. The second-order valence-corrected chi connectivity index (χ2v) is 8.38. The van der Waals surface area contributed by atoms with Gasteiger partial charge < -0.3 is 10.2 Å². The predicted octanol–water partition coefficient (Wildman–Crippen LogP) is 4.87. The van der Waals surface area contributed by atoms with E-state index in [9.17, 15) is 9.59 Å². The van der Waals surface area contributed by atoms with Crippen molar-refractivity contribution in [1.29, 1.82) is 0 Å². The molecule has 0 aliphatic carbocycles. The Balaban J connectivity index is 1.55. The Kier molecular flexibility index (Phi) is 6.83. The standard InChI is InChI=1S/C25H22ClN3O2S/c26-20-13-11-19(12-14-20)16-28-22(15-23(30)27-21-9-5-2-6-10-21)24(31)29(25(28)32)17-18-7-3-1-4-8-18/h1-14,22H,15-17H2,(H,27,30). The number of benzene rings is 3. The summed E-state index contributed by atoms with van der Waals surface area (Å²) >= 11 is 11.7. The number of carbonyl (C=O) groups excluding carboxylic acids is 2. The monoisotopic (exact) mass is 463 g/mol. The third-order valence-electron chi connectivity index (χ3n) is 5.29. The summed E-state index contributed by atoms with van der Waals surface area (Å²) in [5, 5.41) is 3.92. The third-order valence-corrected chi connectivity index (χ3v) is 6.00. The molecule has 1 atom stereocenters. The summed E-state index contributed by atoms with van der Waals surface area (Å²) < 4.78 is 0. The van der Waals surface area contributed by atoms with E-state index in [-0.39, 0.29) is 18.2 Å². The lowest BCUT2D eigenvalue weighted by molar-refractivity contribution is -0.131. The van der Waals surface area contributed by atoms with Gasteiger partial charge in [-0.15, -0.1) is 0 Å². The molecule has 0 aromatic heterocycles. The molecule has 0 radical (unpaired) electrons. The Morgan fingerprint density at radius 3 is 2.12 bits per heavy atom. The minimum absolute atomic E-state index is 0.00669. The summed E-state index contributed by atoms with van der Waals surface area (Å²) in [5.74, 6) is -0.406. The normalized spacial score (nSPS) is 15.8. The van der Waals surface area contributed by atoms with Crippen LogP contribution in [-0.4, -0.2) is 32.8 Å². The molecule has 2 amide bonds. The van der Waals surface area contributed by atoms with Gasteiger partial charge in [-0.3, -0.25) is 14.5 Å². The number of nitrogens with one attached hydrogen (secondary N) is 1. The summed E-state index contributed by atoms with van der Waals surface area (Å²) in [6.07, 6.45) is 0.00669. The number of thiocarbonyl (C=S) groups is 1. The van der Waals surface area contributed by atoms with Crippen LogP contribution in [0.15, 0.2) is 84.9 Å². The van der Waals surface area contributed by atoms with Gasteiger partial charge in [-0.25, -0.2) is 0 Å². The van der Waals surface area contributed by atoms with Crippen LogP contribution in [0.1, 0.15) is 17.5 Å². The van der Waals surface area contributed by atoms with Gasteiger partial charge in [0.05, 0.1) is 13.0 Å². The van der Waals surface area contributed by atoms with Crippen LogP contribution >= 0.6 is 23.8 Å². The quantitative estimate of drug-likeness (QED) is 0.508. The van der Waals surface area contributed by atoms with Crippen LogP contribution in [0.2, 0.25) is 5.02 Å². The molecule has 4 rings (SSSR count). The molecule has 3 aromatic carbocycles. The number of hydrogen-bond donors (Lipinski definition) is 1. The molecule has 3 aromatic rings. The van der Waals surface area contributed by atoms with E-state index in [1.807, 2.05) is 77.7 Å². The first-order valence-electron chi connectivity index (χ1n) is 10.3. The molecule has 1 saturated heterocycles. The molecule has 1 heterocycles. The second-order valence-electron chi connectivity index (χ2n) is 7.58. The SMILES string of the molecule is O=C(CC1C(=O)N(Cc2ccccc2)C(=S)N1Cc1ccc(Cl)cc1)Nc1ccccc1. The molecule has 7 heteroatoms.